The molecule has 1 unspecified atom stereocenters. The maximum absolute atomic E-state index is 4.54. The van der Waals surface area contributed by atoms with Crippen LogP contribution in [0, 0.1) is 13.8 Å². The largest absolute Gasteiger partial charge is 0.313 e. The predicted molar refractivity (Wildman–Crippen MR) is 77.1 cm³/mol. The SMILES string of the molecule is CCn1cc(CC(NC)c2ccc(C)nc2C)cn1. The molecule has 0 aliphatic carbocycles. The molecule has 0 aliphatic heterocycles. The molecule has 0 aromatic carbocycles. The van der Waals surface area contributed by atoms with Crippen molar-refractivity contribution in [3.8, 4) is 0 Å². The molecule has 2 heterocycles. The van der Waals surface area contributed by atoms with Crippen LogP contribution in [-0.2, 0) is 13.0 Å². The molecule has 1 atom stereocenters. The summed E-state index contributed by atoms with van der Waals surface area (Å²) in [5, 5.41) is 7.70. The Balaban J connectivity index is 2.19. The van der Waals surface area contributed by atoms with Gasteiger partial charge in [-0.15, -0.1) is 0 Å². The van der Waals surface area contributed by atoms with Crippen molar-refractivity contribution in [1.29, 1.82) is 0 Å². The third kappa shape index (κ3) is 3.20. The molecule has 0 fully saturated rings. The molecule has 4 nitrogen and oxygen atoms in total. The summed E-state index contributed by atoms with van der Waals surface area (Å²) < 4.78 is 1.96. The first-order valence-corrected chi connectivity index (χ1v) is 6.76. The van der Waals surface area contributed by atoms with E-state index in [2.05, 4.69) is 47.6 Å². The standard InChI is InChI=1S/C15H22N4/c1-5-19-10-13(9-17-19)8-15(16-4)14-7-6-11(2)18-12(14)3/h6-7,9-10,15-16H,5,8H2,1-4H3. The lowest BCUT2D eigenvalue weighted by Crippen LogP contribution is -2.20. The fourth-order valence-electron chi connectivity index (χ4n) is 2.35. The van der Waals surface area contributed by atoms with E-state index in [1.807, 2.05) is 24.9 Å². The molecule has 1 N–H and O–H groups in total. The molecule has 0 spiro atoms. The number of rotatable bonds is 5. The average molecular weight is 258 g/mol. The van der Waals surface area contributed by atoms with Crippen molar-refractivity contribution in [2.24, 2.45) is 0 Å². The molecule has 0 radical (unpaired) electrons. The van der Waals surface area contributed by atoms with E-state index in [-0.39, 0.29) is 6.04 Å². The topological polar surface area (TPSA) is 42.7 Å². The highest BCUT2D eigenvalue weighted by atomic mass is 15.3. The Kier molecular flexibility index (Phi) is 4.32. The first kappa shape index (κ1) is 13.7. The molecule has 2 rings (SSSR count). The van der Waals surface area contributed by atoms with Crippen LogP contribution in [0.2, 0.25) is 0 Å². The summed E-state index contributed by atoms with van der Waals surface area (Å²) in [6.07, 6.45) is 4.99. The number of nitrogens with one attached hydrogen (secondary N) is 1. The molecule has 0 amide bonds. The van der Waals surface area contributed by atoms with Crippen molar-refractivity contribution in [2.45, 2.75) is 39.8 Å². The minimum Gasteiger partial charge on any atom is -0.313 e. The van der Waals surface area contributed by atoms with E-state index < -0.39 is 0 Å². The number of aromatic nitrogens is 3. The molecule has 0 bridgehead atoms. The van der Waals surface area contributed by atoms with Crippen molar-refractivity contribution in [3.63, 3.8) is 0 Å². The van der Waals surface area contributed by atoms with Crippen molar-refractivity contribution < 1.29 is 0 Å². The van der Waals surface area contributed by atoms with Crippen LogP contribution in [0.15, 0.2) is 24.5 Å². The highest BCUT2D eigenvalue weighted by molar-refractivity contribution is 5.26. The zero-order valence-electron chi connectivity index (χ0n) is 12.1. The van der Waals surface area contributed by atoms with Crippen molar-refractivity contribution in [1.82, 2.24) is 20.1 Å². The van der Waals surface area contributed by atoms with E-state index in [0.717, 1.165) is 24.4 Å². The molecule has 2 aromatic rings. The zero-order valence-corrected chi connectivity index (χ0v) is 12.1. The number of aryl methyl sites for hydroxylation is 3. The third-order valence-electron chi connectivity index (χ3n) is 3.44. The highest BCUT2D eigenvalue weighted by Crippen LogP contribution is 2.20. The second-order valence-electron chi connectivity index (χ2n) is 4.88. The van der Waals surface area contributed by atoms with Gasteiger partial charge in [-0.25, -0.2) is 0 Å². The molecule has 0 saturated carbocycles. The first-order chi connectivity index (χ1) is 9.13. The second kappa shape index (κ2) is 5.97. The minimum atomic E-state index is 0.280. The number of hydrogen-bond donors (Lipinski definition) is 1. The first-order valence-electron chi connectivity index (χ1n) is 6.76. The minimum absolute atomic E-state index is 0.280. The maximum Gasteiger partial charge on any atom is 0.0522 e. The number of hydrogen-bond acceptors (Lipinski definition) is 3. The summed E-state index contributed by atoms with van der Waals surface area (Å²) in [4.78, 5) is 4.54. The van der Waals surface area contributed by atoms with Gasteiger partial charge in [0.1, 0.15) is 0 Å². The molecule has 102 valence electrons. The van der Waals surface area contributed by atoms with Gasteiger partial charge in [-0.3, -0.25) is 9.67 Å². The second-order valence-corrected chi connectivity index (χ2v) is 4.88. The molecule has 19 heavy (non-hydrogen) atoms. The van der Waals surface area contributed by atoms with Crippen LogP contribution in [0.4, 0.5) is 0 Å². The van der Waals surface area contributed by atoms with E-state index in [1.165, 1.54) is 11.1 Å². The van der Waals surface area contributed by atoms with Gasteiger partial charge >= 0.3 is 0 Å². The molecular weight excluding hydrogens is 236 g/mol. The fraction of sp³-hybridized carbons (Fsp3) is 0.467. The van der Waals surface area contributed by atoms with Gasteiger partial charge in [0.15, 0.2) is 0 Å². The van der Waals surface area contributed by atoms with Gasteiger partial charge in [0.25, 0.3) is 0 Å². The molecule has 4 heteroatoms. The lowest BCUT2D eigenvalue weighted by atomic mass is 9.99. The number of pyridine rings is 1. The van der Waals surface area contributed by atoms with Crippen LogP contribution in [0.1, 0.15) is 35.5 Å². The molecular formula is C15H22N4. The average Bonchev–Trinajstić information content (AvgIpc) is 2.84. The zero-order chi connectivity index (χ0) is 13.8. The van der Waals surface area contributed by atoms with Crippen LogP contribution in [0.5, 0.6) is 0 Å². The highest BCUT2D eigenvalue weighted by Gasteiger charge is 2.14. The molecule has 0 aliphatic rings. The van der Waals surface area contributed by atoms with Crippen LogP contribution < -0.4 is 5.32 Å². The van der Waals surface area contributed by atoms with Gasteiger partial charge in [0.2, 0.25) is 0 Å². The van der Waals surface area contributed by atoms with Crippen LogP contribution in [-0.4, -0.2) is 21.8 Å². The van der Waals surface area contributed by atoms with Gasteiger partial charge in [-0.05, 0) is 51.4 Å². The van der Waals surface area contributed by atoms with Crippen molar-refractivity contribution in [2.75, 3.05) is 7.05 Å². The normalized spacial score (nSPS) is 12.6. The van der Waals surface area contributed by atoms with E-state index in [0.29, 0.717) is 0 Å². The fourth-order valence-corrected chi connectivity index (χ4v) is 2.35. The monoisotopic (exact) mass is 258 g/mol. The Bertz CT molecular complexity index is 545. The Morgan fingerprint density at radius 1 is 1.32 bits per heavy atom. The quantitative estimate of drug-likeness (QED) is 0.895. The van der Waals surface area contributed by atoms with Gasteiger partial charge < -0.3 is 5.32 Å². The van der Waals surface area contributed by atoms with Gasteiger partial charge in [0, 0.05) is 30.2 Å². The summed E-state index contributed by atoms with van der Waals surface area (Å²) in [7, 11) is 1.99. The number of likely N-dealkylation sites (N-methyl/N-ethyl adjacent to an activating group) is 1. The van der Waals surface area contributed by atoms with Crippen LogP contribution in [0.25, 0.3) is 0 Å². The summed E-state index contributed by atoms with van der Waals surface area (Å²) in [5.74, 6) is 0. The Labute approximate surface area is 114 Å². The third-order valence-corrected chi connectivity index (χ3v) is 3.44. The Hall–Kier alpha value is -1.68. The summed E-state index contributed by atoms with van der Waals surface area (Å²) in [6, 6.07) is 4.52. The Morgan fingerprint density at radius 2 is 2.11 bits per heavy atom. The van der Waals surface area contributed by atoms with E-state index >= 15 is 0 Å². The van der Waals surface area contributed by atoms with E-state index in [9.17, 15) is 0 Å². The van der Waals surface area contributed by atoms with E-state index in [1.54, 1.807) is 0 Å². The van der Waals surface area contributed by atoms with Crippen LogP contribution in [0.3, 0.4) is 0 Å². The van der Waals surface area contributed by atoms with E-state index in [4.69, 9.17) is 0 Å². The summed E-state index contributed by atoms with van der Waals surface area (Å²) in [6.45, 7) is 7.11. The summed E-state index contributed by atoms with van der Waals surface area (Å²) >= 11 is 0. The van der Waals surface area contributed by atoms with Crippen LogP contribution >= 0.6 is 0 Å². The molecule has 0 saturated heterocycles. The maximum atomic E-state index is 4.54. The van der Waals surface area contributed by atoms with Gasteiger partial charge in [-0.1, -0.05) is 6.07 Å². The summed E-state index contributed by atoms with van der Waals surface area (Å²) in [5.41, 5.74) is 4.68. The Morgan fingerprint density at radius 3 is 2.68 bits per heavy atom. The van der Waals surface area contributed by atoms with Gasteiger partial charge in [0.05, 0.1) is 6.20 Å². The van der Waals surface area contributed by atoms with Gasteiger partial charge in [-0.2, -0.15) is 5.10 Å². The lowest BCUT2D eigenvalue weighted by Gasteiger charge is -2.18. The smallest absolute Gasteiger partial charge is 0.0522 e. The molecule has 2 aromatic heterocycles. The van der Waals surface area contributed by atoms with Crippen molar-refractivity contribution in [3.05, 3.63) is 47.0 Å². The number of nitrogens with zero attached hydrogens (tertiary/aromatic N) is 3. The van der Waals surface area contributed by atoms with Crippen molar-refractivity contribution >= 4 is 0 Å². The predicted octanol–water partition coefficient (Wildman–Crippen LogP) is 2.42. The lowest BCUT2D eigenvalue weighted by molar-refractivity contribution is 0.584.